The molecule has 0 aliphatic rings. The van der Waals surface area contributed by atoms with Crippen molar-refractivity contribution in [2.75, 3.05) is 23.8 Å². The number of pyridine rings is 1. The number of aryl methyl sites for hydroxylation is 1. The number of anilines is 3. The molecule has 1 aromatic heterocycles. The lowest BCUT2D eigenvalue weighted by Gasteiger charge is -2.13. The Bertz CT molecular complexity index is 1210. The molecule has 3 aromatic rings. The maximum absolute atomic E-state index is 12.6. The van der Waals surface area contributed by atoms with Crippen molar-refractivity contribution >= 4 is 34.8 Å². The Hall–Kier alpha value is -4.47. The van der Waals surface area contributed by atoms with Crippen molar-refractivity contribution in [2.45, 2.75) is 20.8 Å². The first-order valence-corrected chi connectivity index (χ1v) is 10.5. The summed E-state index contributed by atoms with van der Waals surface area (Å²) in [5.41, 5.74) is 1.97. The van der Waals surface area contributed by atoms with E-state index in [1.54, 1.807) is 50.2 Å². The predicted octanol–water partition coefficient (Wildman–Crippen LogP) is 4.54. The molecule has 0 aliphatic carbocycles. The van der Waals surface area contributed by atoms with Crippen molar-refractivity contribution in [1.82, 2.24) is 4.98 Å². The minimum absolute atomic E-state index is 0.0743. The van der Waals surface area contributed by atoms with Gasteiger partial charge in [-0.15, -0.1) is 0 Å². The van der Waals surface area contributed by atoms with Crippen LogP contribution >= 0.6 is 0 Å². The fraction of sp³-hybridized carbons (Fsp3) is 0.208. The molecule has 10 heteroatoms. The molecule has 34 heavy (non-hydrogen) atoms. The lowest BCUT2D eigenvalue weighted by atomic mass is 10.1. The molecule has 0 radical (unpaired) electrons. The summed E-state index contributed by atoms with van der Waals surface area (Å²) in [6.07, 6.45) is 1.51. The predicted molar refractivity (Wildman–Crippen MR) is 127 cm³/mol. The van der Waals surface area contributed by atoms with Gasteiger partial charge in [0.25, 0.3) is 11.6 Å². The molecule has 1 amide bonds. The molecule has 176 valence electrons. The number of benzene rings is 2. The Morgan fingerprint density at radius 2 is 1.82 bits per heavy atom. The van der Waals surface area contributed by atoms with E-state index in [-0.39, 0.29) is 22.8 Å². The number of nitrogens with zero attached hydrogens (tertiary/aromatic N) is 2. The summed E-state index contributed by atoms with van der Waals surface area (Å²) < 4.78 is 10.6. The summed E-state index contributed by atoms with van der Waals surface area (Å²) in [5.74, 6) is -0.506. The molecule has 0 aliphatic heterocycles. The number of carbonyl (C=O) groups is 2. The average Bonchev–Trinajstić information content (AvgIpc) is 2.82. The quantitative estimate of drug-likeness (QED) is 0.268. The molecule has 0 spiro atoms. The summed E-state index contributed by atoms with van der Waals surface area (Å²) in [6.45, 7) is 5.25. The first kappa shape index (κ1) is 24.2. The number of nitro groups is 1. The lowest BCUT2D eigenvalue weighted by Crippen LogP contribution is -2.22. The number of hydrogen-bond donors (Lipinski definition) is 2. The number of rotatable bonds is 9. The van der Waals surface area contributed by atoms with Gasteiger partial charge in [0.05, 0.1) is 11.5 Å². The second-order valence-corrected chi connectivity index (χ2v) is 7.26. The minimum Gasteiger partial charge on any atom is -0.494 e. The number of esters is 1. The van der Waals surface area contributed by atoms with Gasteiger partial charge in [-0.2, -0.15) is 0 Å². The van der Waals surface area contributed by atoms with Gasteiger partial charge in [-0.3, -0.25) is 14.9 Å². The van der Waals surface area contributed by atoms with Crippen LogP contribution in [0.4, 0.5) is 22.9 Å². The van der Waals surface area contributed by atoms with E-state index in [1.807, 2.05) is 6.92 Å². The van der Waals surface area contributed by atoms with Gasteiger partial charge in [-0.1, -0.05) is 6.07 Å². The smallest absolute Gasteiger partial charge is 0.342 e. The third-order valence-electron chi connectivity index (χ3n) is 4.97. The largest absolute Gasteiger partial charge is 0.494 e. The van der Waals surface area contributed by atoms with E-state index in [1.165, 1.54) is 18.3 Å². The fourth-order valence-electron chi connectivity index (χ4n) is 3.10. The van der Waals surface area contributed by atoms with Gasteiger partial charge in [-0.25, -0.2) is 9.78 Å². The molecule has 2 aromatic carbocycles. The molecular formula is C24H24N4O6. The number of nitrogens with one attached hydrogen (secondary N) is 2. The van der Waals surface area contributed by atoms with E-state index in [2.05, 4.69) is 15.6 Å². The van der Waals surface area contributed by atoms with E-state index in [0.717, 1.165) is 5.56 Å². The molecule has 3 rings (SSSR count). The third-order valence-corrected chi connectivity index (χ3v) is 4.97. The van der Waals surface area contributed by atoms with E-state index < -0.39 is 23.4 Å². The molecule has 0 saturated carbocycles. The molecule has 0 atom stereocenters. The number of hydrogen-bond acceptors (Lipinski definition) is 8. The van der Waals surface area contributed by atoms with Crippen LogP contribution in [0.15, 0.2) is 54.7 Å². The van der Waals surface area contributed by atoms with E-state index >= 15 is 0 Å². The van der Waals surface area contributed by atoms with Gasteiger partial charge in [0.2, 0.25) is 0 Å². The molecule has 0 fully saturated rings. The summed E-state index contributed by atoms with van der Waals surface area (Å²) in [5, 5.41) is 16.8. The number of nitro benzene ring substituents is 1. The van der Waals surface area contributed by atoms with Crippen LogP contribution in [0, 0.1) is 24.0 Å². The molecule has 1 heterocycles. The van der Waals surface area contributed by atoms with Crippen molar-refractivity contribution in [1.29, 1.82) is 0 Å². The molecular weight excluding hydrogens is 440 g/mol. The first-order chi connectivity index (χ1) is 16.3. The molecule has 10 nitrogen and oxygen atoms in total. The Kier molecular flexibility index (Phi) is 7.75. The van der Waals surface area contributed by atoms with E-state index in [9.17, 15) is 19.7 Å². The molecule has 0 saturated heterocycles. The van der Waals surface area contributed by atoms with Crippen LogP contribution in [0.5, 0.6) is 5.75 Å². The molecule has 2 N–H and O–H groups in total. The lowest BCUT2D eigenvalue weighted by molar-refractivity contribution is -0.384. The maximum Gasteiger partial charge on any atom is 0.342 e. The first-order valence-electron chi connectivity index (χ1n) is 10.5. The number of ether oxygens (including phenoxy) is 2. The van der Waals surface area contributed by atoms with E-state index in [4.69, 9.17) is 9.47 Å². The molecule has 0 bridgehead atoms. The maximum atomic E-state index is 12.6. The van der Waals surface area contributed by atoms with Gasteiger partial charge < -0.3 is 20.1 Å². The Labute approximate surface area is 196 Å². The monoisotopic (exact) mass is 464 g/mol. The van der Waals surface area contributed by atoms with Gasteiger partial charge in [-0.05, 0) is 68.3 Å². The van der Waals surface area contributed by atoms with Crippen molar-refractivity contribution in [3.05, 3.63) is 81.5 Å². The van der Waals surface area contributed by atoms with Crippen molar-refractivity contribution in [2.24, 2.45) is 0 Å². The topological polar surface area (TPSA) is 133 Å². The highest BCUT2D eigenvalue weighted by atomic mass is 16.6. The number of carbonyl (C=O) groups excluding carboxylic acids is 2. The van der Waals surface area contributed by atoms with Crippen molar-refractivity contribution < 1.29 is 24.0 Å². The van der Waals surface area contributed by atoms with Crippen molar-refractivity contribution in [3.8, 4) is 5.75 Å². The van der Waals surface area contributed by atoms with Gasteiger partial charge in [0.15, 0.2) is 6.61 Å². The summed E-state index contributed by atoms with van der Waals surface area (Å²) >= 11 is 0. The van der Waals surface area contributed by atoms with Gasteiger partial charge in [0.1, 0.15) is 22.8 Å². The van der Waals surface area contributed by atoms with Crippen LogP contribution in [0.2, 0.25) is 0 Å². The zero-order valence-electron chi connectivity index (χ0n) is 19.0. The second kappa shape index (κ2) is 10.9. The van der Waals surface area contributed by atoms with Crippen molar-refractivity contribution in [3.63, 3.8) is 0 Å². The van der Waals surface area contributed by atoms with Gasteiger partial charge in [0, 0.05) is 18.0 Å². The van der Waals surface area contributed by atoms with Crippen LogP contribution in [0.25, 0.3) is 0 Å². The summed E-state index contributed by atoms with van der Waals surface area (Å²) in [6, 6.07) is 13.1. The standard InChI is InChI=1S/C24H24N4O6/c1-4-33-18-10-8-17(9-11-18)26-23-19(6-5-13-25-23)24(30)34-14-21(29)27-22-16(3)15(2)7-12-20(22)28(31)32/h5-13H,4,14H2,1-3H3,(H,25,26)(H,27,29). The highest BCUT2D eigenvalue weighted by Crippen LogP contribution is 2.30. The van der Waals surface area contributed by atoms with Crippen LogP contribution in [0.3, 0.4) is 0 Å². The Morgan fingerprint density at radius 3 is 2.50 bits per heavy atom. The van der Waals surface area contributed by atoms with Gasteiger partial charge >= 0.3 is 5.97 Å². The Balaban J connectivity index is 1.67. The summed E-state index contributed by atoms with van der Waals surface area (Å²) in [4.78, 5) is 39.9. The normalized spacial score (nSPS) is 10.3. The van der Waals surface area contributed by atoms with Crippen LogP contribution in [0.1, 0.15) is 28.4 Å². The summed E-state index contributed by atoms with van der Waals surface area (Å²) in [7, 11) is 0. The third kappa shape index (κ3) is 5.85. The zero-order chi connectivity index (χ0) is 24.7. The number of amides is 1. The Morgan fingerprint density at radius 1 is 1.09 bits per heavy atom. The average molecular weight is 464 g/mol. The van der Waals surface area contributed by atoms with Crippen LogP contribution in [-0.4, -0.2) is 35.0 Å². The van der Waals surface area contributed by atoms with Crippen LogP contribution < -0.4 is 15.4 Å². The molecule has 0 unspecified atom stereocenters. The van der Waals surface area contributed by atoms with E-state index in [0.29, 0.717) is 23.6 Å². The number of aromatic nitrogens is 1. The van der Waals surface area contributed by atoms with Crippen LogP contribution in [-0.2, 0) is 9.53 Å². The highest BCUT2D eigenvalue weighted by Gasteiger charge is 2.21. The highest BCUT2D eigenvalue weighted by molar-refractivity contribution is 5.99. The second-order valence-electron chi connectivity index (χ2n) is 7.26. The minimum atomic E-state index is -0.771. The fourth-order valence-corrected chi connectivity index (χ4v) is 3.10. The SMILES string of the molecule is CCOc1ccc(Nc2ncccc2C(=O)OCC(=O)Nc2c([N+](=O)[O-])ccc(C)c2C)cc1. The zero-order valence-corrected chi connectivity index (χ0v) is 19.0.